The molecule has 0 spiro atoms. The van der Waals surface area contributed by atoms with E-state index in [4.69, 9.17) is 4.74 Å². The molecular weight excluding hydrogens is 356 g/mol. The number of aromatic nitrogens is 2. The predicted molar refractivity (Wildman–Crippen MR) is 91.7 cm³/mol. The Morgan fingerprint density at radius 3 is 2.54 bits per heavy atom. The lowest BCUT2D eigenvalue weighted by Gasteiger charge is -2.27. The first kappa shape index (κ1) is 18.7. The molecule has 24 heavy (non-hydrogen) atoms. The fourth-order valence-electron chi connectivity index (χ4n) is 2.21. The fraction of sp³-hybridized carbons (Fsp3) is 0.692. The Kier molecular flexibility index (Phi) is 6.21. The van der Waals surface area contributed by atoms with Crippen molar-refractivity contribution in [2.45, 2.75) is 24.9 Å². The number of unbranched alkanes of at least 4 members (excludes halogenated alkanes) is 1. The minimum atomic E-state index is -3.09. The van der Waals surface area contributed by atoms with E-state index in [1.54, 1.807) is 11.2 Å². The maximum Gasteiger partial charge on any atom is 0.373 e. The van der Waals surface area contributed by atoms with Crippen LogP contribution in [-0.4, -0.2) is 60.8 Å². The van der Waals surface area contributed by atoms with Crippen LogP contribution in [0.25, 0.3) is 0 Å². The van der Waals surface area contributed by atoms with Crippen molar-refractivity contribution in [1.29, 1.82) is 0 Å². The Morgan fingerprint density at radius 1 is 1.33 bits per heavy atom. The molecule has 0 radical (unpaired) electrons. The van der Waals surface area contributed by atoms with Crippen LogP contribution in [-0.2, 0) is 9.84 Å². The summed E-state index contributed by atoms with van der Waals surface area (Å²) in [4.78, 5) is 20.9. The number of nitrogens with zero attached hydrogens (tertiary/aromatic N) is 4. The first-order valence-corrected chi connectivity index (χ1v) is 10.6. The normalized spacial score (nSPS) is 16.8. The van der Waals surface area contributed by atoms with Crippen LogP contribution in [0.4, 0.5) is 11.5 Å². The third-order valence-corrected chi connectivity index (χ3v) is 5.72. The van der Waals surface area contributed by atoms with Crippen molar-refractivity contribution in [2.24, 2.45) is 0 Å². The number of nitro groups is 1. The maximum absolute atomic E-state index is 11.6. The van der Waals surface area contributed by atoms with E-state index in [0.717, 1.165) is 12.8 Å². The first-order chi connectivity index (χ1) is 11.4. The minimum Gasteiger partial charge on any atom is -0.473 e. The molecule has 0 saturated carbocycles. The van der Waals surface area contributed by atoms with Crippen LogP contribution in [0.3, 0.4) is 0 Å². The number of anilines is 1. The number of hydrogen-bond acceptors (Lipinski definition) is 9. The lowest BCUT2D eigenvalue weighted by molar-refractivity contribution is -0.385. The van der Waals surface area contributed by atoms with Gasteiger partial charge in [-0.05, 0) is 12.7 Å². The van der Waals surface area contributed by atoms with Crippen LogP contribution in [0.5, 0.6) is 5.88 Å². The summed E-state index contributed by atoms with van der Waals surface area (Å²) in [6.45, 7) is 2.66. The second-order valence-corrected chi connectivity index (χ2v) is 8.36. The second kappa shape index (κ2) is 7.97. The first-order valence-electron chi connectivity index (χ1n) is 7.56. The molecular formula is C13H20N4O5S2. The van der Waals surface area contributed by atoms with Crippen LogP contribution in [0.1, 0.15) is 19.8 Å². The van der Waals surface area contributed by atoms with Crippen molar-refractivity contribution in [3.63, 3.8) is 0 Å². The summed E-state index contributed by atoms with van der Waals surface area (Å²) < 4.78 is 28.7. The quantitative estimate of drug-likeness (QED) is 0.229. The highest BCUT2D eigenvalue weighted by atomic mass is 32.2. The monoisotopic (exact) mass is 376 g/mol. The van der Waals surface area contributed by atoms with Gasteiger partial charge in [-0.2, -0.15) is 9.97 Å². The van der Waals surface area contributed by atoms with Gasteiger partial charge >= 0.3 is 11.6 Å². The highest BCUT2D eigenvalue weighted by Crippen LogP contribution is 2.36. The zero-order valence-electron chi connectivity index (χ0n) is 13.6. The van der Waals surface area contributed by atoms with E-state index >= 15 is 0 Å². The Hall–Kier alpha value is -1.62. The Bertz CT molecular complexity index is 697. The van der Waals surface area contributed by atoms with Crippen molar-refractivity contribution in [3.8, 4) is 5.88 Å². The lowest BCUT2D eigenvalue weighted by atomic mass is 10.3. The molecule has 2 heterocycles. The fourth-order valence-corrected chi connectivity index (χ4v) is 3.77. The molecule has 0 atom stereocenters. The van der Waals surface area contributed by atoms with Crippen LogP contribution in [0.15, 0.2) is 5.16 Å². The van der Waals surface area contributed by atoms with Crippen molar-refractivity contribution in [2.75, 3.05) is 42.4 Å². The third kappa shape index (κ3) is 4.47. The molecule has 0 aromatic carbocycles. The van der Waals surface area contributed by atoms with E-state index in [9.17, 15) is 18.5 Å². The molecule has 1 aliphatic rings. The smallest absolute Gasteiger partial charge is 0.373 e. The lowest BCUT2D eigenvalue weighted by Crippen LogP contribution is -2.41. The highest BCUT2D eigenvalue weighted by molar-refractivity contribution is 7.98. The van der Waals surface area contributed by atoms with E-state index in [1.165, 1.54) is 11.8 Å². The summed E-state index contributed by atoms with van der Waals surface area (Å²) in [6, 6.07) is 0. The van der Waals surface area contributed by atoms with Gasteiger partial charge in [0.1, 0.15) is 0 Å². The zero-order valence-corrected chi connectivity index (χ0v) is 15.2. The van der Waals surface area contributed by atoms with Gasteiger partial charge in [0, 0.05) is 13.1 Å². The van der Waals surface area contributed by atoms with Crippen molar-refractivity contribution >= 4 is 33.1 Å². The number of rotatable bonds is 7. The highest BCUT2D eigenvalue weighted by Gasteiger charge is 2.33. The van der Waals surface area contributed by atoms with Crippen LogP contribution >= 0.6 is 11.8 Å². The Balaban J connectivity index is 2.40. The van der Waals surface area contributed by atoms with E-state index in [2.05, 4.69) is 9.97 Å². The molecule has 1 aromatic rings. The van der Waals surface area contributed by atoms with Gasteiger partial charge in [0.25, 0.3) is 0 Å². The van der Waals surface area contributed by atoms with Crippen LogP contribution in [0, 0.1) is 10.1 Å². The molecule has 1 aliphatic heterocycles. The molecule has 11 heteroatoms. The van der Waals surface area contributed by atoms with E-state index in [0.29, 0.717) is 11.8 Å². The largest absolute Gasteiger partial charge is 0.473 e. The average molecular weight is 376 g/mol. The average Bonchev–Trinajstić information content (AvgIpc) is 2.54. The SMILES string of the molecule is CCCCOc1nc(SC)nc(N2CCS(=O)(=O)CC2)c1[N+](=O)[O-]. The van der Waals surface area contributed by atoms with Gasteiger partial charge in [0.15, 0.2) is 15.0 Å². The molecule has 1 aromatic heterocycles. The second-order valence-electron chi connectivity index (χ2n) is 5.29. The number of hydrogen-bond donors (Lipinski definition) is 0. The van der Waals surface area contributed by atoms with Crippen molar-refractivity contribution in [3.05, 3.63) is 10.1 Å². The molecule has 9 nitrogen and oxygen atoms in total. The predicted octanol–water partition coefficient (Wildman–Crippen LogP) is 1.52. The summed E-state index contributed by atoms with van der Waals surface area (Å²) in [6.07, 6.45) is 3.42. The van der Waals surface area contributed by atoms with Gasteiger partial charge in [0.2, 0.25) is 5.82 Å². The Morgan fingerprint density at radius 2 is 2.00 bits per heavy atom. The van der Waals surface area contributed by atoms with Gasteiger partial charge in [-0.15, -0.1) is 0 Å². The van der Waals surface area contributed by atoms with Crippen LogP contribution in [0.2, 0.25) is 0 Å². The van der Waals surface area contributed by atoms with E-state index in [1.807, 2.05) is 6.92 Å². The molecule has 134 valence electrons. The summed E-state index contributed by atoms with van der Waals surface area (Å²) in [5, 5.41) is 11.9. The third-order valence-electron chi connectivity index (χ3n) is 3.56. The number of thioether (sulfide) groups is 1. The summed E-state index contributed by atoms with van der Waals surface area (Å²) in [5.41, 5.74) is -0.303. The summed E-state index contributed by atoms with van der Waals surface area (Å²) in [7, 11) is -3.09. The van der Waals surface area contributed by atoms with E-state index < -0.39 is 14.8 Å². The Labute approximate surface area is 144 Å². The maximum atomic E-state index is 11.6. The zero-order chi connectivity index (χ0) is 17.7. The van der Waals surface area contributed by atoms with E-state index in [-0.39, 0.29) is 42.0 Å². The molecule has 2 rings (SSSR count). The van der Waals surface area contributed by atoms with Crippen LogP contribution < -0.4 is 9.64 Å². The van der Waals surface area contributed by atoms with Gasteiger partial charge in [-0.3, -0.25) is 10.1 Å². The standard InChI is InChI=1S/C13H20N4O5S2/c1-3-4-7-22-12-10(17(18)19)11(14-13(15-12)23-2)16-5-8-24(20,21)9-6-16/h3-9H2,1-2H3. The van der Waals surface area contributed by atoms with Gasteiger partial charge in [-0.25, -0.2) is 8.42 Å². The topological polar surface area (TPSA) is 116 Å². The van der Waals surface area contributed by atoms with Gasteiger partial charge in [0.05, 0.1) is 23.0 Å². The van der Waals surface area contributed by atoms with Crippen molar-refractivity contribution in [1.82, 2.24) is 9.97 Å². The molecule has 0 unspecified atom stereocenters. The van der Waals surface area contributed by atoms with Gasteiger partial charge < -0.3 is 9.64 Å². The molecule has 0 aliphatic carbocycles. The summed E-state index contributed by atoms with van der Waals surface area (Å²) in [5.74, 6) is -0.0270. The number of sulfone groups is 1. The number of ether oxygens (including phenoxy) is 1. The molecule has 1 fully saturated rings. The summed E-state index contributed by atoms with van der Waals surface area (Å²) >= 11 is 1.25. The minimum absolute atomic E-state index is 0.0468. The van der Waals surface area contributed by atoms with Gasteiger partial charge in [-0.1, -0.05) is 25.1 Å². The molecule has 0 amide bonds. The molecule has 1 saturated heterocycles. The molecule has 0 bridgehead atoms. The van der Waals surface area contributed by atoms with Crippen molar-refractivity contribution < 1.29 is 18.1 Å². The molecule has 0 N–H and O–H groups in total.